The predicted molar refractivity (Wildman–Crippen MR) is 243 cm³/mol. The second kappa shape index (κ2) is 45.5. The Morgan fingerprint density at radius 1 is 0.333 bits per heavy atom. The lowest BCUT2D eigenvalue weighted by atomic mass is 10.0. The summed E-state index contributed by atoms with van der Waals surface area (Å²) in [5.41, 5.74) is 0. The molecule has 0 aliphatic heterocycles. The Hall–Kier alpha value is -1.59. The van der Waals surface area contributed by atoms with Crippen molar-refractivity contribution in [1.29, 1.82) is 0 Å². The van der Waals surface area contributed by atoms with Gasteiger partial charge in [-0.25, -0.2) is 0 Å². The summed E-state index contributed by atoms with van der Waals surface area (Å²) in [4.78, 5) is 37.9. The Kier molecular flexibility index (Phi) is 44.2. The smallest absolute Gasteiger partial charge is 0.306 e. The van der Waals surface area contributed by atoms with Crippen molar-refractivity contribution in [2.45, 2.75) is 291 Å². The molecule has 6 heteroatoms. The highest BCUT2D eigenvalue weighted by molar-refractivity contribution is 5.71. The minimum atomic E-state index is -0.760. The molecule has 338 valence electrons. The average molecular weight is 807 g/mol. The largest absolute Gasteiger partial charge is 0.462 e. The highest BCUT2D eigenvalue weighted by Gasteiger charge is 2.19. The molecule has 0 aliphatic rings. The van der Waals surface area contributed by atoms with E-state index < -0.39 is 6.10 Å². The van der Waals surface area contributed by atoms with E-state index in [1.165, 1.54) is 180 Å². The standard InChI is InChI=1S/C51H98O6/c1-5-7-9-11-13-15-17-18-19-20-21-23-27-32-36-40-44-51(54)57-48(45-55-49(52)42-38-34-30-26-22-16-14-12-10-8-6-2)46-56-50(53)43-39-35-31-28-24-25-29-33-37-41-47(3)4/h47-48H,5-46H2,1-4H3/t48-/m0/s1. The van der Waals surface area contributed by atoms with Crippen molar-refractivity contribution in [2.24, 2.45) is 5.92 Å². The maximum absolute atomic E-state index is 12.8. The van der Waals surface area contributed by atoms with Gasteiger partial charge in [0.2, 0.25) is 0 Å². The molecule has 0 saturated carbocycles. The Morgan fingerprint density at radius 2 is 0.579 bits per heavy atom. The van der Waals surface area contributed by atoms with Gasteiger partial charge in [0, 0.05) is 19.3 Å². The van der Waals surface area contributed by atoms with E-state index in [1.807, 2.05) is 0 Å². The van der Waals surface area contributed by atoms with Crippen molar-refractivity contribution >= 4 is 17.9 Å². The molecule has 0 aromatic carbocycles. The molecule has 0 unspecified atom stereocenters. The zero-order valence-electron chi connectivity index (χ0n) is 38.8. The van der Waals surface area contributed by atoms with Crippen LogP contribution in [0.3, 0.4) is 0 Å². The number of hydrogen-bond acceptors (Lipinski definition) is 6. The predicted octanol–water partition coefficient (Wildman–Crippen LogP) is 16.3. The monoisotopic (exact) mass is 807 g/mol. The summed E-state index contributed by atoms with van der Waals surface area (Å²) < 4.78 is 16.8. The minimum absolute atomic E-state index is 0.0632. The van der Waals surface area contributed by atoms with Crippen LogP contribution in [0.25, 0.3) is 0 Å². The molecule has 0 aliphatic carbocycles. The molecule has 6 nitrogen and oxygen atoms in total. The van der Waals surface area contributed by atoms with Crippen LogP contribution in [0.5, 0.6) is 0 Å². The summed E-state index contributed by atoms with van der Waals surface area (Å²) in [5.74, 6) is -0.0387. The third-order valence-electron chi connectivity index (χ3n) is 11.5. The molecule has 0 spiro atoms. The van der Waals surface area contributed by atoms with Crippen molar-refractivity contribution in [3.05, 3.63) is 0 Å². The fourth-order valence-electron chi connectivity index (χ4n) is 7.69. The van der Waals surface area contributed by atoms with Crippen LogP contribution >= 0.6 is 0 Å². The number of rotatable bonds is 46. The van der Waals surface area contributed by atoms with E-state index in [0.29, 0.717) is 19.3 Å². The van der Waals surface area contributed by atoms with Crippen LogP contribution < -0.4 is 0 Å². The van der Waals surface area contributed by atoms with Crippen LogP contribution in [0, 0.1) is 5.92 Å². The zero-order chi connectivity index (χ0) is 41.7. The lowest BCUT2D eigenvalue weighted by molar-refractivity contribution is -0.167. The van der Waals surface area contributed by atoms with Crippen LogP contribution in [0.2, 0.25) is 0 Å². The highest BCUT2D eigenvalue weighted by atomic mass is 16.6. The van der Waals surface area contributed by atoms with E-state index in [1.54, 1.807) is 0 Å². The Balaban J connectivity index is 4.30. The lowest BCUT2D eigenvalue weighted by Crippen LogP contribution is -2.30. The summed E-state index contributed by atoms with van der Waals surface area (Å²) in [7, 11) is 0. The first-order valence-electron chi connectivity index (χ1n) is 25.4. The molecule has 0 aromatic heterocycles. The van der Waals surface area contributed by atoms with Gasteiger partial charge in [-0.15, -0.1) is 0 Å². The molecule has 0 bridgehead atoms. The van der Waals surface area contributed by atoms with Crippen LogP contribution in [0.4, 0.5) is 0 Å². The topological polar surface area (TPSA) is 78.9 Å². The molecular formula is C51H98O6. The maximum Gasteiger partial charge on any atom is 0.306 e. The van der Waals surface area contributed by atoms with Gasteiger partial charge in [0.25, 0.3) is 0 Å². The summed E-state index contributed by atoms with van der Waals surface area (Å²) in [6, 6.07) is 0. The Bertz CT molecular complexity index is 857. The van der Waals surface area contributed by atoms with Crippen molar-refractivity contribution in [1.82, 2.24) is 0 Å². The summed E-state index contributed by atoms with van der Waals surface area (Å²) >= 11 is 0. The molecule has 0 N–H and O–H groups in total. The van der Waals surface area contributed by atoms with Gasteiger partial charge in [0.05, 0.1) is 0 Å². The molecule has 0 fully saturated rings. The van der Waals surface area contributed by atoms with Gasteiger partial charge >= 0.3 is 17.9 Å². The minimum Gasteiger partial charge on any atom is -0.462 e. The van der Waals surface area contributed by atoms with Crippen LogP contribution in [0.15, 0.2) is 0 Å². The fraction of sp³-hybridized carbons (Fsp3) is 0.941. The SMILES string of the molecule is CCCCCCCCCCCCCCCCCCC(=O)O[C@@H](COC(=O)CCCCCCCCCCCCC)COC(=O)CCCCCCCCCCCC(C)C. The van der Waals surface area contributed by atoms with E-state index in [0.717, 1.165) is 63.7 Å². The summed E-state index contributed by atoms with van der Waals surface area (Å²) in [6.45, 7) is 9.00. The first-order chi connectivity index (χ1) is 27.9. The molecule has 57 heavy (non-hydrogen) atoms. The van der Waals surface area contributed by atoms with Gasteiger partial charge in [0.15, 0.2) is 6.10 Å². The van der Waals surface area contributed by atoms with Gasteiger partial charge in [-0.2, -0.15) is 0 Å². The Morgan fingerprint density at radius 3 is 0.860 bits per heavy atom. The second-order valence-electron chi connectivity index (χ2n) is 17.9. The van der Waals surface area contributed by atoms with Crippen molar-refractivity contribution in [3.63, 3.8) is 0 Å². The van der Waals surface area contributed by atoms with Crippen LogP contribution in [-0.2, 0) is 28.6 Å². The Labute approximate surface area is 355 Å². The maximum atomic E-state index is 12.8. The van der Waals surface area contributed by atoms with E-state index in [2.05, 4.69) is 27.7 Å². The molecule has 0 saturated heterocycles. The molecule has 0 rings (SSSR count). The van der Waals surface area contributed by atoms with E-state index in [9.17, 15) is 14.4 Å². The first-order valence-corrected chi connectivity index (χ1v) is 25.4. The lowest BCUT2D eigenvalue weighted by Gasteiger charge is -2.18. The van der Waals surface area contributed by atoms with Crippen LogP contribution in [0.1, 0.15) is 285 Å². The van der Waals surface area contributed by atoms with E-state index in [4.69, 9.17) is 14.2 Å². The molecular weight excluding hydrogens is 709 g/mol. The average Bonchev–Trinajstić information content (AvgIpc) is 3.19. The van der Waals surface area contributed by atoms with Gasteiger partial charge in [-0.05, 0) is 25.2 Å². The van der Waals surface area contributed by atoms with Gasteiger partial charge in [0.1, 0.15) is 13.2 Å². The first kappa shape index (κ1) is 55.4. The fourth-order valence-corrected chi connectivity index (χ4v) is 7.69. The molecule has 0 heterocycles. The number of carbonyl (C=O) groups excluding carboxylic acids is 3. The quantitative estimate of drug-likeness (QED) is 0.0346. The molecule has 1 atom stereocenters. The highest BCUT2D eigenvalue weighted by Crippen LogP contribution is 2.17. The van der Waals surface area contributed by atoms with Crippen molar-refractivity contribution in [3.8, 4) is 0 Å². The molecule has 0 radical (unpaired) electrons. The van der Waals surface area contributed by atoms with Gasteiger partial charge in [-0.3, -0.25) is 14.4 Å². The van der Waals surface area contributed by atoms with Gasteiger partial charge in [-0.1, -0.05) is 246 Å². The van der Waals surface area contributed by atoms with Crippen molar-refractivity contribution in [2.75, 3.05) is 13.2 Å². The number of unbranched alkanes of at least 4 members (excludes halogenated alkanes) is 33. The normalized spacial score (nSPS) is 11.9. The van der Waals surface area contributed by atoms with E-state index in [-0.39, 0.29) is 31.1 Å². The zero-order valence-corrected chi connectivity index (χ0v) is 38.8. The number of hydrogen-bond donors (Lipinski definition) is 0. The second-order valence-corrected chi connectivity index (χ2v) is 17.9. The van der Waals surface area contributed by atoms with Crippen molar-refractivity contribution < 1.29 is 28.6 Å². The third-order valence-corrected chi connectivity index (χ3v) is 11.5. The molecule has 0 amide bonds. The molecule has 0 aromatic rings. The summed E-state index contributed by atoms with van der Waals surface area (Å²) in [6.07, 6.45) is 46.6. The number of ether oxygens (including phenoxy) is 3. The third kappa shape index (κ3) is 45.3. The summed E-state index contributed by atoms with van der Waals surface area (Å²) in [5, 5.41) is 0. The number of carbonyl (C=O) groups is 3. The van der Waals surface area contributed by atoms with E-state index >= 15 is 0 Å². The van der Waals surface area contributed by atoms with Gasteiger partial charge < -0.3 is 14.2 Å². The number of esters is 3. The van der Waals surface area contributed by atoms with Crippen LogP contribution in [-0.4, -0.2) is 37.2 Å².